The lowest BCUT2D eigenvalue weighted by Gasteiger charge is -2.09. The topological polar surface area (TPSA) is 24.9 Å². The van der Waals surface area contributed by atoms with Crippen LogP contribution in [-0.2, 0) is 0 Å². The molecule has 1 heterocycles. The molecule has 0 radical (unpaired) electrons. The van der Waals surface area contributed by atoms with Crippen molar-refractivity contribution < 1.29 is 0 Å². The normalized spacial score (nSPS) is 10.2. The smallest absolute Gasteiger partial charge is 0.0659 e. The van der Waals surface area contributed by atoms with E-state index >= 15 is 0 Å². The summed E-state index contributed by atoms with van der Waals surface area (Å²) in [6, 6.07) is 3.99. The van der Waals surface area contributed by atoms with E-state index < -0.39 is 0 Å². The summed E-state index contributed by atoms with van der Waals surface area (Å²) in [5.41, 5.74) is 2.26. The number of pyridine rings is 1. The van der Waals surface area contributed by atoms with Crippen LogP contribution in [0.3, 0.4) is 0 Å². The van der Waals surface area contributed by atoms with Crippen LogP contribution in [0.15, 0.2) is 18.3 Å². The van der Waals surface area contributed by atoms with Crippen molar-refractivity contribution >= 4 is 5.69 Å². The molecule has 0 atom stereocenters. The average molecular weight is 150 g/mol. The fraction of sp³-hybridized carbons (Fsp3) is 0.444. The molecule has 0 amide bonds. The van der Waals surface area contributed by atoms with Gasteiger partial charge in [0.2, 0.25) is 0 Å². The first-order valence-corrected chi connectivity index (χ1v) is 3.88. The number of nitrogens with one attached hydrogen (secondary N) is 1. The zero-order valence-corrected chi connectivity index (χ0v) is 7.26. The number of aromatic nitrogens is 1. The van der Waals surface area contributed by atoms with E-state index in [-0.39, 0.29) is 0 Å². The monoisotopic (exact) mass is 150 g/mol. The molecule has 0 unspecified atom stereocenters. The Balaban J connectivity index is 3.02. The van der Waals surface area contributed by atoms with Crippen LogP contribution in [0.2, 0.25) is 0 Å². The summed E-state index contributed by atoms with van der Waals surface area (Å²) in [6.45, 7) is 4.28. The summed E-state index contributed by atoms with van der Waals surface area (Å²) in [4.78, 5) is 4.29. The lowest BCUT2D eigenvalue weighted by Crippen LogP contribution is -1.99. The lowest BCUT2D eigenvalue weighted by atomic mass is 10.1. The fourth-order valence-corrected chi connectivity index (χ4v) is 1.09. The van der Waals surface area contributed by atoms with E-state index in [1.165, 1.54) is 0 Å². The standard InChI is InChI=1S/C9H14N2/c1-7(2)9-8(10-3)5-4-6-11-9/h4-7,10H,1-3H3. The summed E-state index contributed by atoms with van der Waals surface area (Å²) in [5.74, 6) is 0.485. The number of anilines is 1. The molecule has 1 aromatic heterocycles. The van der Waals surface area contributed by atoms with Crippen LogP contribution in [0.5, 0.6) is 0 Å². The summed E-state index contributed by atoms with van der Waals surface area (Å²) in [6.07, 6.45) is 1.83. The maximum Gasteiger partial charge on any atom is 0.0659 e. The third-order valence-electron chi connectivity index (χ3n) is 1.65. The Bertz CT molecular complexity index is 231. The molecule has 1 aromatic rings. The lowest BCUT2D eigenvalue weighted by molar-refractivity contribution is 0.825. The summed E-state index contributed by atoms with van der Waals surface area (Å²) in [5, 5.41) is 3.11. The second kappa shape index (κ2) is 3.37. The molecule has 0 spiro atoms. The third kappa shape index (κ3) is 1.70. The Kier molecular flexibility index (Phi) is 2.47. The zero-order chi connectivity index (χ0) is 8.27. The van der Waals surface area contributed by atoms with Gasteiger partial charge in [0.1, 0.15) is 0 Å². The van der Waals surface area contributed by atoms with Gasteiger partial charge in [-0.05, 0) is 18.1 Å². The summed E-state index contributed by atoms with van der Waals surface area (Å²) < 4.78 is 0. The molecule has 0 aliphatic carbocycles. The fourth-order valence-electron chi connectivity index (χ4n) is 1.09. The van der Waals surface area contributed by atoms with Gasteiger partial charge < -0.3 is 5.32 Å². The van der Waals surface area contributed by atoms with Gasteiger partial charge >= 0.3 is 0 Å². The van der Waals surface area contributed by atoms with Crippen molar-refractivity contribution in [1.82, 2.24) is 4.98 Å². The van der Waals surface area contributed by atoms with Crippen LogP contribution in [-0.4, -0.2) is 12.0 Å². The highest BCUT2D eigenvalue weighted by Crippen LogP contribution is 2.19. The van der Waals surface area contributed by atoms with Crippen molar-refractivity contribution in [1.29, 1.82) is 0 Å². The van der Waals surface area contributed by atoms with Gasteiger partial charge in [-0.25, -0.2) is 0 Å². The molecule has 0 fully saturated rings. The highest BCUT2D eigenvalue weighted by atomic mass is 14.9. The molecule has 1 rings (SSSR count). The van der Waals surface area contributed by atoms with E-state index in [9.17, 15) is 0 Å². The predicted molar refractivity (Wildman–Crippen MR) is 47.9 cm³/mol. The van der Waals surface area contributed by atoms with Crippen molar-refractivity contribution in [2.24, 2.45) is 0 Å². The molecule has 1 N–H and O–H groups in total. The van der Waals surface area contributed by atoms with E-state index in [0.717, 1.165) is 11.4 Å². The van der Waals surface area contributed by atoms with Crippen molar-refractivity contribution in [2.75, 3.05) is 12.4 Å². The highest BCUT2D eigenvalue weighted by Gasteiger charge is 2.04. The van der Waals surface area contributed by atoms with Crippen molar-refractivity contribution in [3.05, 3.63) is 24.0 Å². The molecular formula is C9H14N2. The van der Waals surface area contributed by atoms with Gasteiger partial charge in [-0.1, -0.05) is 13.8 Å². The van der Waals surface area contributed by atoms with Crippen LogP contribution in [0.4, 0.5) is 5.69 Å². The van der Waals surface area contributed by atoms with E-state index in [4.69, 9.17) is 0 Å². The van der Waals surface area contributed by atoms with Gasteiger partial charge in [-0.2, -0.15) is 0 Å². The molecule has 60 valence electrons. The minimum Gasteiger partial charge on any atom is -0.387 e. The molecule has 0 saturated heterocycles. The molecule has 11 heavy (non-hydrogen) atoms. The summed E-state index contributed by atoms with van der Waals surface area (Å²) in [7, 11) is 1.92. The second-order valence-electron chi connectivity index (χ2n) is 2.84. The first-order valence-electron chi connectivity index (χ1n) is 3.88. The molecule has 0 saturated carbocycles. The van der Waals surface area contributed by atoms with Crippen molar-refractivity contribution in [2.45, 2.75) is 19.8 Å². The van der Waals surface area contributed by atoms with Crippen molar-refractivity contribution in [3.63, 3.8) is 0 Å². The third-order valence-corrected chi connectivity index (χ3v) is 1.65. The Labute approximate surface area is 67.7 Å². The van der Waals surface area contributed by atoms with Gasteiger partial charge in [-0.3, -0.25) is 4.98 Å². The van der Waals surface area contributed by atoms with Crippen LogP contribution in [0, 0.1) is 0 Å². The SMILES string of the molecule is CNc1cccnc1C(C)C. The Hall–Kier alpha value is -1.05. The maximum absolute atomic E-state index is 4.29. The quantitative estimate of drug-likeness (QED) is 0.699. The largest absolute Gasteiger partial charge is 0.387 e. The number of hydrogen-bond donors (Lipinski definition) is 1. The number of rotatable bonds is 2. The second-order valence-corrected chi connectivity index (χ2v) is 2.84. The Morgan fingerprint density at radius 3 is 2.64 bits per heavy atom. The van der Waals surface area contributed by atoms with E-state index in [1.54, 1.807) is 0 Å². The van der Waals surface area contributed by atoms with Gasteiger partial charge in [0, 0.05) is 13.2 Å². The van der Waals surface area contributed by atoms with Crippen molar-refractivity contribution in [3.8, 4) is 0 Å². The molecule has 0 aliphatic heterocycles. The maximum atomic E-state index is 4.29. The minimum atomic E-state index is 0.485. The van der Waals surface area contributed by atoms with Crippen LogP contribution in [0.1, 0.15) is 25.5 Å². The van der Waals surface area contributed by atoms with Gasteiger partial charge in [0.15, 0.2) is 0 Å². The molecule has 2 heteroatoms. The van der Waals surface area contributed by atoms with Gasteiger partial charge in [0.25, 0.3) is 0 Å². The van der Waals surface area contributed by atoms with E-state index in [0.29, 0.717) is 5.92 Å². The van der Waals surface area contributed by atoms with E-state index in [1.807, 2.05) is 25.4 Å². The molecule has 2 nitrogen and oxygen atoms in total. The first-order chi connectivity index (χ1) is 5.25. The zero-order valence-electron chi connectivity index (χ0n) is 7.26. The van der Waals surface area contributed by atoms with Crippen LogP contribution >= 0.6 is 0 Å². The molecule has 0 aromatic carbocycles. The average Bonchev–Trinajstić information content (AvgIpc) is 2.04. The highest BCUT2D eigenvalue weighted by molar-refractivity contribution is 5.47. The summed E-state index contributed by atoms with van der Waals surface area (Å²) >= 11 is 0. The first kappa shape index (κ1) is 8.05. The number of nitrogens with zero attached hydrogens (tertiary/aromatic N) is 1. The minimum absolute atomic E-state index is 0.485. The molecular weight excluding hydrogens is 136 g/mol. The van der Waals surface area contributed by atoms with Gasteiger partial charge in [-0.15, -0.1) is 0 Å². The van der Waals surface area contributed by atoms with Crippen LogP contribution in [0.25, 0.3) is 0 Å². The number of hydrogen-bond acceptors (Lipinski definition) is 2. The van der Waals surface area contributed by atoms with Gasteiger partial charge in [0.05, 0.1) is 11.4 Å². The van der Waals surface area contributed by atoms with E-state index in [2.05, 4.69) is 24.1 Å². The van der Waals surface area contributed by atoms with Crippen LogP contribution < -0.4 is 5.32 Å². The Morgan fingerprint density at radius 2 is 2.18 bits per heavy atom. The molecule has 0 bridgehead atoms. The Morgan fingerprint density at radius 1 is 1.45 bits per heavy atom. The predicted octanol–water partition coefficient (Wildman–Crippen LogP) is 2.25. The molecule has 0 aliphatic rings.